The Hall–Kier alpha value is -3.13. The summed E-state index contributed by atoms with van der Waals surface area (Å²) < 4.78 is 7.72. The van der Waals surface area contributed by atoms with Crippen molar-refractivity contribution in [1.82, 2.24) is 14.8 Å². The molecule has 8 heteroatoms. The molecule has 0 fully saturated rings. The Balaban J connectivity index is 1.84. The van der Waals surface area contributed by atoms with Gasteiger partial charge in [0.2, 0.25) is 11.3 Å². The van der Waals surface area contributed by atoms with Gasteiger partial charge < -0.3 is 25.3 Å². The lowest BCUT2D eigenvalue weighted by Gasteiger charge is -2.35. The van der Waals surface area contributed by atoms with Crippen molar-refractivity contribution in [1.29, 1.82) is 0 Å². The van der Waals surface area contributed by atoms with Gasteiger partial charge in [-0.3, -0.25) is 14.4 Å². The van der Waals surface area contributed by atoms with E-state index in [2.05, 4.69) is 5.32 Å². The summed E-state index contributed by atoms with van der Waals surface area (Å²) in [6.07, 6.45) is 2.99. The normalized spacial score (nSPS) is 13.2. The highest BCUT2D eigenvalue weighted by atomic mass is 16.5. The van der Waals surface area contributed by atoms with Gasteiger partial charge in [0.25, 0.3) is 5.91 Å². The molecule has 2 amide bonds. The Kier molecular flexibility index (Phi) is 8.65. The summed E-state index contributed by atoms with van der Waals surface area (Å²) in [5, 5.41) is 2.88. The zero-order chi connectivity index (χ0) is 23.8. The number of carbonyl (C=O) groups excluding carboxylic acids is 2. The van der Waals surface area contributed by atoms with Crippen molar-refractivity contribution in [2.45, 2.75) is 65.3 Å². The minimum absolute atomic E-state index is 0.000190. The van der Waals surface area contributed by atoms with Gasteiger partial charge in [0.05, 0.1) is 6.54 Å². The lowest BCUT2D eigenvalue weighted by atomic mass is 10.1. The number of amides is 2. The van der Waals surface area contributed by atoms with Crippen molar-refractivity contribution in [3.05, 3.63) is 63.6 Å². The number of rotatable bonds is 11. The van der Waals surface area contributed by atoms with Gasteiger partial charge in [-0.05, 0) is 38.8 Å². The Morgan fingerprint density at radius 2 is 1.88 bits per heavy atom. The molecule has 2 heterocycles. The molecular formula is C25H34N4O4. The van der Waals surface area contributed by atoms with Crippen LogP contribution < -0.4 is 21.2 Å². The van der Waals surface area contributed by atoms with Gasteiger partial charge in [-0.25, -0.2) is 0 Å². The van der Waals surface area contributed by atoms with E-state index in [9.17, 15) is 14.4 Å². The van der Waals surface area contributed by atoms with E-state index < -0.39 is 0 Å². The molecule has 1 aromatic heterocycles. The number of unbranched alkanes of at least 4 members (excludes halogenated alkanes) is 2. The average Bonchev–Trinajstić information content (AvgIpc) is 2.80. The van der Waals surface area contributed by atoms with E-state index in [0.717, 1.165) is 24.8 Å². The molecule has 1 aliphatic heterocycles. The van der Waals surface area contributed by atoms with Crippen molar-refractivity contribution >= 4 is 11.8 Å². The molecular weight excluding hydrogens is 420 g/mol. The molecule has 0 aliphatic carbocycles. The molecule has 2 aromatic rings. The second kappa shape index (κ2) is 11.7. The maximum absolute atomic E-state index is 13.3. The molecule has 33 heavy (non-hydrogen) atoms. The topological polar surface area (TPSA) is 107 Å². The summed E-state index contributed by atoms with van der Waals surface area (Å²) in [5.41, 5.74) is 6.90. The number of hydrogen-bond acceptors (Lipinski definition) is 5. The van der Waals surface area contributed by atoms with Gasteiger partial charge in [0, 0.05) is 37.3 Å². The zero-order valence-corrected chi connectivity index (χ0v) is 19.5. The third-order valence-corrected chi connectivity index (χ3v) is 5.81. The van der Waals surface area contributed by atoms with E-state index in [1.54, 1.807) is 4.90 Å². The van der Waals surface area contributed by atoms with Crippen molar-refractivity contribution in [3.63, 3.8) is 0 Å². The molecule has 1 aliphatic rings. The van der Waals surface area contributed by atoms with Gasteiger partial charge in [-0.2, -0.15) is 0 Å². The molecule has 3 rings (SSSR count). The van der Waals surface area contributed by atoms with Crippen LogP contribution in [0, 0.1) is 0 Å². The fraction of sp³-hybridized carbons (Fsp3) is 0.480. The third-order valence-electron chi connectivity index (χ3n) is 5.81. The first kappa shape index (κ1) is 24.5. The van der Waals surface area contributed by atoms with Crippen molar-refractivity contribution in [2.75, 3.05) is 13.1 Å². The minimum Gasteiger partial charge on any atom is -0.483 e. The SMILES string of the molecule is CC(C)N1CCn2c(CNC(=O)CCCCCN)cc(=O)c(OCc3ccccc3)c2C1=O. The second-order valence-corrected chi connectivity index (χ2v) is 8.57. The highest BCUT2D eigenvalue weighted by Gasteiger charge is 2.32. The van der Waals surface area contributed by atoms with Crippen molar-refractivity contribution in [2.24, 2.45) is 5.73 Å². The lowest BCUT2D eigenvalue weighted by Crippen LogP contribution is -2.46. The third kappa shape index (κ3) is 6.22. The van der Waals surface area contributed by atoms with Crippen LogP contribution >= 0.6 is 0 Å². The molecule has 178 valence electrons. The molecule has 0 spiro atoms. The van der Waals surface area contributed by atoms with E-state index in [1.165, 1.54) is 6.07 Å². The number of ether oxygens (including phenoxy) is 1. The second-order valence-electron chi connectivity index (χ2n) is 8.57. The standard InChI is InChI=1S/C25H34N4O4/c1-18(2)28-13-14-29-20(16-27-22(31)11-7-4-8-12-26)15-21(30)24(23(29)25(28)32)33-17-19-9-5-3-6-10-19/h3,5-6,9-10,15,18H,4,7-8,11-14,16-17,26H2,1-2H3,(H,27,31). The van der Waals surface area contributed by atoms with E-state index in [-0.39, 0.29) is 47.9 Å². The molecule has 3 N–H and O–H groups in total. The smallest absolute Gasteiger partial charge is 0.274 e. The number of benzene rings is 1. The van der Waals surface area contributed by atoms with Crippen LogP contribution in [-0.2, 0) is 24.5 Å². The zero-order valence-electron chi connectivity index (χ0n) is 19.5. The first-order valence-electron chi connectivity index (χ1n) is 11.6. The molecule has 0 unspecified atom stereocenters. The molecule has 0 radical (unpaired) electrons. The van der Waals surface area contributed by atoms with Crippen LogP contribution in [0.2, 0.25) is 0 Å². The van der Waals surface area contributed by atoms with Crippen molar-refractivity contribution in [3.8, 4) is 5.75 Å². The molecule has 0 atom stereocenters. The average molecular weight is 455 g/mol. The Labute approximate surface area is 194 Å². The summed E-state index contributed by atoms with van der Waals surface area (Å²) in [7, 11) is 0. The molecule has 1 aromatic carbocycles. The largest absolute Gasteiger partial charge is 0.483 e. The van der Waals surface area contributed by atoms with E-state index in [1.807, 2.05) is 48.7 Å². The number of nitrogens with one attached hydrogen (secondary N) is 1. The van der Waals surface area contributed by atoms with Gasteiger partial charge in [0.15, 0.2) is 11.4 Å². The number of nitrogens with zero attached hydrogens (tertiary/aromatic N) is 2. The summed E-state index contributed by atoms with van der Waals surface area (Å²) in [6, 6.07) is 11.0. The number of fused-ring (bicyclic) bond motifs is 1. The summed E-state index contributed by atoms with van der Waals surface area (Å²) in [6.45, 7) is 5.96. The summed E-state index contributed by atoms with van der Waals surface area (Å²) in [4.78, 5) is 40.3. The van der Waals surface area contributed by atoms with Gasteiger partial charge >= 0.3 is 0 Å². The molecule has 8 nitrogen and oxygen atoms in total. The van der Waals surface area contributed by atoms with Crippen LogP contribution in [0.4, 0.5) is 0 Å². The highest BCUT2D eigenvalue weighted by molar-refractivity contribution is 5.96. The first-order valence-corrected chi connectivity index (χ1v) is 11.6. The molecule has 0 bridgehead atoms. The van der Waals surface area contributed by atoms with Crippen LogP contribution in [-0.4, -0.2) is 40.4 Å². The minimum atomic E-state index is -0.358. The van der Waals surface area contributed by atoms with E-state index >= 15 is 0 Å². The Morgan fingerprint density at radius 3 is 2.58 bits per heavy atom. The van der Waals surface area contributed by atoms with Gasteiger partial charge in [-0.1, -0.05) is 36.8 Å². The monoisotopic (exact) mass is 454 g/mol. The predicted octanol–water partition coefficient (Wildman–Crippen LogP) is 2.43. The van der Waals surface area contributed by atoms with Crippen LogP contribution in [0.25, 0.3) is 0 Å². The molecule has 0 saturated carbocycles. The quantitative estimate of drug-likeness (QED) is 0.507. The first-order chi connectivity index (χ1) is 15.9. The van der Waals surface area contributed by atoms with Crippen LogP contribution in [0.5, 0.6) is 5.75 Å². The maximum atomic E-state index is 13.3. The van der Waals surface area contributed by atoms with Crippen LogP contribution in [0.15, 0.2) is 41.2 Å². The van der Waals surface area contributed by atoms with E-state index in [4.69, 9.17) is 10.5 Å². The number of carbonyl (C=O) groups is 2. The van der Waals surface area contributed by atoms with Crippen molar-refractivity contribution < 1.29 is 14.3 Å². The fourth-order valence-electron chi connectivity index (χ4n) is 3.98. The summed E-state index contributed by atoms with van der Waals surface area (Å²) in [5.74, 6) is -0.249. The highest BCUT2D eigenvalue weighted by Crippen LogP contribution is 2.24. The summed E-state index contributed by atoms with van der Waals surface area (Å²) >= 11 is 0. The number of nitrogens with two attached hydrogens (primary N) is 1. The fourth-order valence-corrected chi connectivity index (χ4v) is 3.98. The Morgan fingerprint density at radius 1 is 1.12 bits per heavy atom. The van der Waals surface area contributed by atoms with Crippen LogP contribution in [0.1, 0.15) is 61.3 Å². The lowest BCUT2D eigenvalue weighted by molar-refractivity contribution is -0.121. The maximum Gasteiger partial charge on any atom is 0.274 e. The van der Waals surface area contributed by atoms with Crippen LogP contribution in [0.3, 0.4) is 0 Å². The number of pyridine rings is 1. The Bertz CT molecular complexity index is 1020. The van der Waals surface area contributed by atoms with Gasteiger partial charge in [0.1, 0.15) is 6.61 Å². The number of aromatic nitrogens is 1. The van der Waals surface area contributed by atoms with E-state index in [0.29, 0.717) is 31.7 Å². The number of hydrogen-bond donors (Lipinski definition) is 2. The molecule has 0 saturated heterocycles. The van der Waals surface area contributed by atoms with Gasteiger partial charge in [-0.15, -0.1) is 0 Å². The predicted molar refractivity (Wildman–Crippen MR) is 127 cm³/mol.